The molecule has 0 radical (unpaired) electrons. The first-order valence-electron chi connectivity index (χ1n) is 8.08. The number of carbonyl (C=O) groups is 1. The minimum Gasteiger partial charge on any atom is -0.451 e. The molecule has 8 heteroatoms. The van der Waals surface area contributed by atoms with Crippen molar-refractivity contribution in [1.29, 1.82) is 0 Å². The van der Waals surface area contributed by atoms with Gasteiger partial charge in [0.2, 0.25) is 0 Å². The topological polar surface area (TPSA) is 94.8 Å². The zero-order valence-electron chi connectivity index (χ0n) is 14.8. The van der Waals surface area contributed by atoms with Gasteiger partial charge in [-0.2, -0.15) is 0 Å². The molecule has 0 saturated heterocycles. The van der Waals surface area contributed by atoms with Crippen LogP contribution in [-0.2, 0) is 19.8 Å². The molecule has 7 nitrogen and oxygen atoms in total. The van der Waals surface area contributed by atoms with Crippen LogP contribution in [0.2, 0.25) is 0 Å². The average Bonchev–Trinajstić information content (AvgIpc) is 2.68. The Morgan fingerprint density at radius 1 is 1.07 bits per heavy atom. The van der Waals surface area contributed by atoms with Crippen LogP contribution in [0.15, 0.2) is 63.8 Å². The van der Waals surface area contributed by atoms with Crippen LogP contribution in [-0.4, -0.2) is 20.1 Å². The Labute approximate surface area is 155 Å². The Morgan fingerprint density at radius 2 is 1.81 bits per heavy atom. The lowest BCUT2D eigenvalue weighted by molar-refractivity contribution is 0.0997. The minimum absolute atomic E-state index is 0.0643. The molecule has 1 N–H and O–H groups in total. The number of benzene rings is 2. The number of nitrogens with one attached hydrogen (secondary N) is 1. The molecule has 1 aromatic heterocycles. The van der Waals surface area contributed by atoms with Gasteiger partial charge in [-0.05, 0) is 29.8 Å². The van der Waals surface area contributed by atoms with Crippen molar-refractivity contribution in [3.05, 3.63) is 76.1 Å². The number of anilines is 1. The van der Waals surface area contributed by atoms with Crippen molar-refractivity contribution in [1.82, 2.24) is 0 Å². The summed E-state index contributed by atoms with van der Waals surface area (Å²) in [6, 6.07) is 14.6. The summed E-state index contributed by atoms with van der Waals surface area (Å²) in [5, 5.41) is 3.08. The van der Waals surface area contributed by atoms with Crippen LogP contribution in [0.25, 0.3) is 11.0 Å². The molecule has 2 aromatic carbocycles. The zero-order valence-corrected chi connectivity index (χ0v) is 15.7. The normalized spacial score (nSPS) is 11.5. The van der Waals surface area contributed by atoms with E-state index in [0.717, 1.165) is 6.07 Å². The Balaban J connectivity index is 1.83. The first kappa shape index (κ1) is 19.0. The van der Waals surface area contributed by atoms with Crippen molar-refractivity contribution >= 4 is 30.2 Å². The molecule has 0 fully saturated rings. The third kappa shape index (κ3) is 4.34. The maximum absolute atomic E-state index is 12.5. The van der Waals surface area contributed by atoms with E-state index in [2.05, 4.69) is 5.32 Å². The lowest BCUT2D eigenvalue weighted by Gasteiger charge is -2.14. The monoisotopic (exact) mass is 387 g/mol. The Kier molecular flexibility index (Phi) is 5.56. The molecule has 0 atom stereocenters. The average molecular weight is 387 g/mol. The summed E-state index contributed by atoms with van der Waals surface area (Å²) in [4.78, 5) is 24.6. The van der Waals surface area contributed by atoms with Crippen LogP contribution in [0.4, 0.5) is 5.69 Å². The fraction of sp³-hybridized carbons (Fsp3) is 0.158. The number of carbonyl (C=O) groups excluding carboxylic acids is 1. The van der Waals surface area contributed by atoms with Crippen molar-refractivity contribution in [3.63, 3.8) is 0 Å². The summed E-state index contributed by atoms with van der Waals surface area (Å²) in [6.07, 6.45) is 0.0643. The molecule has 1 amide bonds. The van der Waals surface area contributed by atoms with Gasteiger partial charge in [0.05, 0.1) is 11.5 Å². The minimum atomic E-state index is -3.22. The Morgan fingerprint density at radius 3 is 2.56 bits per heavy atom. The molecule has 0 aliphatic heterocycles. The van der Waals surface area contributed by atoms with Crippen LogP contribution < -0.4 is 10.7 Å². The molecule has 0 aliphatic rings. The second kappa shape index (κ2) is 7.88. The predicted molar refractivity (Wildman–Crippen MR) is 102 cm³/mol. The quantitative estimate of drug-likeness (QED) is 0.642. The predicted octanol–water partition coefficient (Wildman–Crippen LogP) is 4.03. The van der Waals surface area contributed by atoms with Gasteiger partial charge in [-0.15, -0.1) is 0 Å². The highest BCUT2D eigenvalue weighted by atomic mass is 31.2. The summed E-state index contributed by atoms with van der Waals surface area (Å²) in [5.41, 5.74) is 1.17. The standard InChI is InChI=1S/C19H18NO6P/c1-24-27(23,25-2)12-13-6-5-7-14(10-13)20-19(22)18-11-16(21)15-8-3-4-9-17(15)26-18/h3-11H,12H2,1-2H3,(H,20,22). The van der Waals surface area contributed by atoms with E-state index >= 15 is 0 Å². The van der Waals surface area contributed by atoms with Crippen LogP contribution >= 0.6 is 7.60 Å². The van der Waals surface area contributed by atoms with Gasteiger partial charge >= 0.3 is 7.60 Å². The van der Waals surface area contributed by atoms with Gasteiger partial charge in [0.1, 0.15) is 5.58 Å². The van der Waals surface area contributed by atoms with Gasteiger partial charge in [0, 0.05) is 26.0 Å². The van der Waals surface area contributed by atoms with Crippen molar-refractivity contribution in [2.24, 2.45) is 0 Å². The number of rotatable bonds is 6. The van der Waals surface area contributed by atoms with Gasteiger partial charge in [0.15, 0.2) is 11.2 Å². The van der Waals surface area contributed by atoms with Gasteiger partial charge in [0.25, 0.3) is 5.91 Å². The first-order valence-corrected chi connectivity index (χ1v) is 9.80. The summed E-state index contributed by atoms with van der Waals surface area (Å²) in [5.74, 6) is -0.653. The maximum Gasteiger partial charge on any atom is 0.334 e. The molecule has 0 saturated carbocycles. The second-order valence-electron chi connectivity index (χ2n) is 5.76. The fourth-order valence-corrected chi connectivity index (χ4v) is 3.63. The largest absolute Gasteiger partial charge is 0.451 e. The third-order valence-electron chi connectivity index (χ3n) is 3.98. The maximum atomic E-state index is 12.5. The van der Waals surface area contributed by atoms with E-state index in [9.17, 15) is 14.2 Å². The van der Waals surface area contributed by atoms with Gasteiger partial charge < -0.3 is 18.8 Å². The highest BCUT2D eigenvalue weighted by Crippen LogP contribution is 2.49. The van der Waals surface area contributed by atoms with Crippen molar-refractivity contribution < 1.29 is 22.8 Å². The van der Waals surface area contributed by atoms with E-state index in [1.165, 1.54) is 14.2 Å². The van der Waals surface area contributed by atoms with Gasteiger partial charge in [-0.1, -0.05) is 24.3 Å². The lowest BCUT2D eigenvalue weighted by Crippen LogP contribution is -2.15. The summed E-state index contributed by atoms with van der Waals surface area (Å²) in [7, 11) is -0.587. The molecule has 3 aromatic rings. The molecule has 0 unspecified atom stereocenters. The number of amides is 1. The van der Waals surface area contributed by atoms with Crippen molar-refractivity contribution in [2.45, 2.75) is 6.16 Å². The van der Waals surface area contributed by atoms with Crippen LogP contribution in [0.1, 0.15) is 16.1 Å². The smallest absolute Gasteiger partial charge is 0.334 e. The molecular formula is C19H18NO6P. The molecule has 3 rings (SSSR count). The van der Waals surface area contributed by atoms with Gasteiger partial charge in [-0.3, -0.25) is 14.2 Å². The Bertz CT molecular complexity index is 1080. The number of fused-ring (bicyclic) bond motifs is 1. The molecular weight excluding hydrogens is 369 g/mol. The fourth-order valence-electron chi connectivity index (χ4n) is 2.58. The van der Waals surface area contributed by atoms with Gasteiger partial charge in [-0.25, -0.2) is 0 Å². The number of hydrogen-bond acceptors (Lipinski definition) is 6. The highest BCUT2D eigenvalue weighted by molar-refractivity contribution is 7.52. The van der Waals surface area contributed by atoms with Crippen LogP contribution in [0, 0.1) is 0 Å². The van der Waals surface area contributed by atoms with E-state index in [1.807, 2.05) is 0 Å². The van der Waals surface area contributed by atoms with E-state index in [-0.39, 0.29) is 17.4 Å². The van der Waals surface area contributed by atoms with E-state index < -0.39 is 13.5 Å². The zero-order chi connectivity index (χ0) is 19.4. The molecule has 140 valence electrons. The van der Waals surface area contributed by atoms with E-state index in [4.69, 9.17) is 13.5 Å². The number of para-hydroxylation sites is 1. The third-order valence-corrected chi connectivity index (χ3v) is 5.84. The molecule has 0 spiro atoms. The molecule has 0 aliphatic carbocycles. The Hall–Kier alpha value is -2.73. The highest BCUT2D eigenvalue weighted by Gasteiger charge is 2.22. The SMILES string of the molecule is COP(=O)(Cc1cccc(NC(=O)c2cc(=O)c3ccccc3o2)c1)OC. The van der Waals surface area contributed by atoms with Crippen LogP contribution in [0.3, 0.4) is 0 Å². The first-order chi connectivity index (χ1) is 12.9. The summed E-state index contributed by atoms with van der Waals surface area (Å²) in [6.45, 7) is 0. The molecule has 27 heavy (non-hydrogen) atoms. The second-order valence-corrected chi connectivity index (χ2v) is 8.03. The van der Waals surface area contributed by atoms with Crippen LogP contribution in [0.5, 0.6) is 0 Å². The van der Waals surface area contributed by atoms with E-state index in [0.29, 0.717) is 22.2 Å². The van der Waals surface area contributed by atoms with E-state index in [1.54, 1.807) is 48.5 Å². The molecule has 0 bridgehead atoms. The lowest BCUT2D eigenvalue weighted by atomic mass is 10.2. The number of hydrogen-bond donors (Lipinski definition) is 1. The molecule has 1 heterocycles. The van der Waals surface area contributed by atoms with Crippen molar-refractivity contribution in [3.8, 4) is 0 Å². The summed E-state index contributed by atoms with van der Waals surface area (Å²) >= 11 is 0. The summed E-state index contributed by atoms with van der Waals surface area (Å²) < 4.78 is 27.6. The van der Waals surface area contributed by atoms with Crippen molar-refractivity contribution in [2.75, 3.05) is 19.5 Å².